The van der Waals surface area contributed by atoms with E-state index in [0.717, 1.165) is 30.8 Å². The topological polar surface area (TPSA) is 15.7 Å². The van der Waals surface area contributed by atoms with E-state index >= 15 is 0 Å². The summed E-state index contributed by atoms with van der Waals surface area (Å²) in [6.07, 6.45) is 6.08. The summed E-state index contributed by atoms with van der Waals surface area (Å²) in [7, 11) is 4.03. The molecule has 0 amide bonds. The summed E-state index contributed by atoms with van der Waals surface area (Å²) in [5, 5.41) is 0. The third-order valence-electron chi connectivity index (χ3n) is 6.96. The normalized spacial score (nSPS) is 23.8. The Kier molecular flexibility index (Phi) is 5.96. The molecule has 0 N–H and O–H groups in total. The molecule has 3 nitrogen and oxygen atoms in total. The Bertz CT molecular complexity index is 813. The van der Waals surface area contributed by atoms with E-state index < -0.39 is 0 Å². The van der Waals surface area contributed by atoms with E-state index in [-0.39, 0.29) is 0 Å². The Morgan fingerprint density at radius 3 is 2.17 bits per heavy atom. The van der Waals surface area contributed by atoms with Gasteiger partial charge in [-0.1, -0.05) is 48.5 Å². The van der Waals surface area contributed by atoms with Crippen molar-refractivity contribution in [3.8, 4) is 5.75 Å². The van der Waals surface area contributed by atoms with E-state index in [4.69, 9.17) is 4.74 Å². The van der Waals surface area contributed by atoms with Crippen LogP contribution in [-0.2, 0) is 13.0 Å². The first-order valence-electron chi connectivity index (χ1n) is 10.9. The van der Waals surface area contributed by atoms with Gasteiger partial charge in [0.1, 0.15) is 5.75 Å². The average Bonchev–Trinajstić information content (AvgIpc) is 2.93. The second-order valence-corrected chi connectivity index (χ2v) is 8.88. The first-order valence-corrected chi connectivity index (χ1v) is 10.9. The largest absolute Gasteiger partial charge is 0.497 e. The number of benzene rings is 2. The molecule has 2 unspecified atom stereocenters. The summed E-state index contributed by atoms with van der Waals surface area (Å²) in [6, 6.07) is 19.4. The Balaban J connectivity index is 1.53. The zero-order valence-corrected chi connectivity index (χ0v) is 18.1. The average molecular weight is 391 g/mol. The van der Waals surface area contributed by atoms with Crippen LogP contribution in [0.5, 0.6) is 5.75 Å². The van der Waals surface area contributed by atoms with E-state index in [9.17, 15) is 0 Å². The number of fused-ring (bicyclic) bond motifs is 2. The van der Waals surface area contributed by atoms with Crippen LogP contribution in [0.25, 0.3) is 0 Å². The van der Waals surface area contributed by atoms with Gasteiger partial charge in [0, 0.05) is 36.8 Å². The molecule has 2 atom stereocenters. The summed E-state index contributed by atoms with van der Waals surface area (Å²) < 4.78 is 5.31. The van der Waals surface area contributed by atoms with Gasteiger partial charge in [-0.2, -0.15) is 0 Å². The highest BCUT2D eigenvalue weighted by atomic mass is 16.5. The van der Waals surface area contributed by atoms with Crippen molar-refractivity contribution >= 4 is 0 Å². The maximum atomic E-state index is 5.31. The van der Waals surface area contributed by atoms with Crippen molar-refractivity contribution < 1.29 is 4.74 Å². The first-order chi connectivity index (χ1) is 14.0. The lowest BCUT2D eigenvalue weighted by Crippen LogP contribution is -2.48. The fraction of sp³-hybridized carbons (Fsp3) is 0.462. The smallest absolute Gasteiger partial charge is 0.118 e. The molecule has 2 fully saturated rings. The highest BCUT2D eigenvalue weighted by molar-refractivity contribution is 5.30. The van der Waals surface area contributed by atoms with Crippen LogP contribution in [0.3, 0.4) is 0 Å². The number of aryl methyl sites for hydroxylation is 1. The van der Waals surface area contributed by atoms with Crippen LogP contribution in [0, 0.1) is 6.92 Å². The zero-order chi connectivity index (χ0) is 20.4. The number of nitrogens with zero attached hydrogens (tertiary/aromatic N) is 2. The van der Waals surface area contributed by atoms with Gasteiger partial charge in [0.15, 0.2) is 0 Å². The van der Waals surface area contributed by atoms with Crippen LogP contribution >= 0.6 is 0 Å². The molecular formula is C26H34N2O. The van der Waals surface area contributed by atoms with Crippen molar-refractivity contribution in [1.29, 1.82) is 0 Å². The van der Waals surface area contributed by atoms with E-state index in [0.29, 0.717) is 6.04 Å². The molecule has 29 heavy (non-hydrogen) atoms. The van der Waals surface area contributed by atoms with Gasteiger partial charge in [0.25, 0.3) is 0 Å². The second-order valence-electron chi connectivity index (χ2n) is 8.88. The highest BCUT2D eigenvalue weighted by Gasteiger charge is 2.40. The van der Waals surface area contributed by atoms with Gasteiger partial charge >= 0.3 is 0 Å². The Labute approximate surface area is 176 Å². The number of piperidine rings is 1. The maximum absolute atomic E-state index is 5.31. The molecule has 0 saturated carbocycles. The van der Waals surface area contributed by atoms with Crippen LogP contribution in [0.1, 0.15) is 42.4 Å². The standard InChI is InChI=1S/C26H34N2O/c1-19-5-7-22(8-6-19)18-28(25-16-23-11-12-24(17-25)27(23)3)20(2)15-21-9-13-26(29-4)14-10-21/h5-10,13-14,23-25H,2,11-12,15-18H2,1,3-4H3. The molecule has 2 heterocycles. The molecule has 0 radical (unpaired) electrons. The van der Waals surface area contributed by atoms with Crippen molar-refractivity contribution in [3.63, 3.8) is 0 Å². The predicted molar refractivity (Wildman–Crippen MR) is 120 cm³/mol. The molecule has 0 aliphatic carbocycles. The molecular weight excluding hydrogens is 356 g/mol. The van der Waals surface area contributed by atoms with Crippen LogP contribution < -0.4 is 4.74 Å². The van der Waals surface area contributed by atoms with Crippen molar-refractivity contribution in [1.82, 2.24) is 9.80 Å². The van der Waals surface area contributed by atoms with Crippen molar-refractivity contribution in [2.24, 2.45) is 0 Å². The zero-order valence-electron chi connectivity index (χ0n) is 18.1. The molecule has 2 saturated heterocycles. The molecule has 2 aliphatic heterocycles. The van der Waals surface area contributed by atoms with Gasteiger partial charge < -0.3 is 14.5 Å². The lowest BCUT2D eigenvalue weighted by Gasteiger charge is -2.43. The Hall–Kier alpha value is -2.26. The van der Waals surface area contributed by atoms with Gasteiger partial charge in [-0.05, 0) is 62.9 Å². The fourth-order valence-electron chi connectivity index (χ4n) is 5.11. The van der Waals surface area contributed by atoms with Crippen LogP contribution in [0.15, 0.2) is 60.8 Å². The van der Waals surface area contributed by atoms with Gasteiger partial charge in [-0.15, -0.1) is 0 Å². The number of hydrogen-bond donors (Lipinski definition) is 0. The minimum Gasteiger partial charge on any atom is -0.497 e. The summed E-state index contributed by atoms with van der Waals surface area (Å²) in [5.41, 5.74) is 5.21. The second kappa shape index (κ2) is 8.62. The third-order valence-corrected chi connectivity index (χ3v) is 6.96. The van der Waals surface area contributed by atoms with E-state index in [1.54, 1.807) is 7.11 Å². The monoisotopic (exact) mass is 390 g/mol. The molecule has 3 heteroatoms. The minimum absolute atomic E-state index is 0.579. The molecule has 2 aliphatic rings. The number of methoxy groups -OCH3 is 1. The van der Waals surface area contributed by atoms with Gasteiger partial charge in [-0.25, -0.2) is 0 Å². The van der Waals surface area contributed by atoms with Gasteiger partial charge in [0.2, 0.25) is 0 Å². The first kappa shape index (κ1) is 20.0. The highest BCUT2D eigenvalue weighted by Crippen LogP contribution is 2.38. The SMILES string of the molecule is C=C(Cc1ccc(OC)cc1)N(Cc1ccc(C)cc1)C1CC2CCC(C1)N2C. The van der Waals surface area contributed by atoms with E-state index in [2.05, 4.69) is 66.7 Å². The number of rotatable bonds is 7. The number of allylic oxidation sites excluding steroid dienone is 1. The summed E-state index contributed by atoms with van der Waals surface area (Å²) >= 11 is 0. The predicted octanol–water partition coefficient (Wildman–Crippen LogP) is 5.19. The lowest BCUT2D eigenvalue weighted by molar-refractivity contribution is 0.0898. The third kappa shape index (κ3) is 4.51. The van der Waals surface area contributed by atoms with Crippen molar-refractivity contribution in [2.45, 2.75) is 63.7 Å². The van der Waals surface area contributed by atoms with E-state index in [1.165, 1.54) is 48.1 Å². The van der Waals surface area contributed by atoms with E-state index in [1.807, 2.05) is 12.1 Å². The number of ether oxygens (including phenoxy) is 1. The van der Waals surface area contributed by atoms with Gasteiger partial charge in [-0.3, -0.25) is 0 Å². The molecule has 4 rings (SSSR count). The van der Waals surface area contributed by atoms with Crippen molar-refractivity contribution in [2.75, 3.05) is 14.2 Å². The minimum atomic E-state index is 0.579. The summed E-state index contributed by atoms with van der Waals surface area (Å²) in [4.78, 5) is 5.22. The maximum Gasteiger partial charge on any atom is 0.118 e. The number of hydrogen-bond acceptors (Lipinski definition) is 3. The molecule has 2 aromatic carbocycles. The fourth-order valence-corrected chi connectivity index (χ4v) is 5.11. The lowest BCUT2D eigenvalue weighted by atomic mass is 9.94. The Morgan fingerprint density at radius 2 is 1.59 bits per heavy atom. The molecule has 2 aromatic rings. The molecule has 0 aromatic heterocycles. The quantitative estimate of drug-likeness (QED) is 0.647. The van der Waals surface area contributed by atoms with Crippen molar-refractivity contribution in [3.05, 3.63) is 77.5 Å². The molecule has 154 valence electrons. The summed E-state index contributed by atoms with van der Waals surface area (Å²) in [6.45, 7) is 7.65. The van der Waals surface area contributed by atoms with Crippen LogP contribution in [-0.4, -0.2) is 42.1 Å². The van der Waals surface area contributed by atoms with Crippen LogP contribution in [0.2, 0.25) is 0 Å². The van der Waals surface area contributed by atoms with Gasteiger partial charge in [0.05, 0.1) is 7.11 Å². The summed E-state index contributed by atoms with van der Waals surface area (Å²) in [5.74, 6) is 0.905. The molecule has 0 spiro atoms. The molecule has 2 bridgehead atoms. The Morgan fingerprint density at radius 1 is 1.00 bits per heavy atom. The van der Waals surface area contributed by atoms with Crippen LogP contribution in [0.4, 0.5) is 0 Å².